The van der Waals surface area contributed by atoms with Crippen molar-refractivity contribution in [2.75, 3.05) is 25.0 Å². The number of anilines is 1. The largest absolute Gasteiger partial charge is 0.478 e. The smallest absolute Gasteiger partial charge is 0.335 e. The molecule has 0 saturated heterocycles. The summed E-state index contributed by atoms with van der Waals surface area (Å²) in [6.07, 6.45) is 4.57. The number of aromatic nitrogens is 2. The number of hydrogen-bond donors (Lipinski definition) is 4. The molecular formula is C32H30ClN5O3. The van der Waals surface area contributed by atoms with Gasteiger partial charge in [-0.25, -0.2) is 9.78 Å². The molecule has 0 spiro atoms. The van der Waals surface area contributed by atoms with Crippen molar-refractivity contribution < 1.29 is 14.7 Å². The van der Waals surface area contributed by atoms with Gasteiger partial charge in [-0.3, -0.25) is 9.78 Å². The molecule has 8 nitrogen and oxygen atoms in total. The molecule has 0 radical (unpaired) electrons. The van der Waals surface area contributed by atoms with Gasteiger partial charge in [0.05, 0.1) is 11.1 Å². The molecule has 1 amide bonds. The molecule has 2 heterocycles. The van der Waals surface area contributed by atoms with E-state index < -0.39 is 5.97 Å². The summed E-state index contributed by atoms with van der Waals surface area (Å²) in [6, 6.07) is 22.9. The molecule has 4 N–H and O–H groups in total. The first-order chi connectivity index (χ1) is 20.0. The van der Waals surface area contributed by atoms with Crippen LogP contribution in [0.3, 0.4) is 0 Å². The average Bonchev–Trinajstić information content (AvgIpc) is 2.99. The highest BCUT2D eigenvalue weighted by Crippen LogP contribution is 2.30. The number of halogens is 1. The van der Waals surface area contributed by atoms with Crippen molar-refractivity contribution in [3.05, 3.63) is 101 Å². The lowest BCUT2D eigenvalue weighted by atomic mass is 10.0. The van der Waals surface area contributed by atoms with E-state index in [2.05, 4.69) is 32.0 Å². The van der Waals surface area contributed by atoms with Gasteiger partial charge < -0.3 is 21.1 Å². The Morgan fingerprint density at radius 3 is 2.54 bits per heavy atom. The lowest BCUT2D eigenvalue weighted by Crippen LogP contribution is -2.29. The van der Waals surface area contributed by atoms with Crippen molar-refractivity contribution in [2.45, 2.75) is 19.4 Å². The number of carboxylic acid groups (broad SMARTS) is 1. The minimum atomic E-state index is -1.01. The van der Waals surface area contributed by atoms with Crippen LogP contribution in [-0.4, -0.2) is 46.6 Å². The predicted molar refractivity (Wildman–Crippen MR) is 163 cm³/mol. The fraction of sp³-hybridized carbons (Fsp3) is 0.188. The Morgan fingerprint density at radius 1 is 0.878 bits per heavy atom. The average molecular weight is 568 g/mol. The van der Waals surface area contributed by atoms with E-state index in [1.54, 1.807) is 30.6 Å². The maximum absolute atomic E-state index is 12.3. The number of hydrogen-bond acceptors (Lipinski definition) is 6. The van der Waals surface area contributed by atoms with Gasteiger partial charge in [-0.05, 0) is 48.4 Å². The molecule has 5 rings (SSSR count). The second kappa shape index (κ2) is 13.2. The fourth-order valence-electron chi connectivity index (χ4n) is 4.71. The number of fused-ring (bicyclic) bond motifs is 3. The first kappa shape index (κ1) is 28.0. The number of nitrogens with zero attached hydrogens (tertiary/aromatic N) is 2. The summed E-state index contributed by atoms with van der Waals surface area (Å²) in [5.41, 5.74) is 3.93. The molecule has 0 saturated carbocycles. The van der Waals surface area contributed by atoms with E-state index in [9.17, 15) is 14.7 Å². The predicted octanol–water partition coefficient (Wildman–Crippen LogP) is 5.90. The molecule has 2 aromatic heterocycles. The Balaban J connectivity index is 1.06. The topological polar surface area (TPSA) is 116 Å². The highest BCUT2D eigenvalue weighted by molar-refractivity contribution is 6.33. The number of amides is 1. The maximum Gasteiger partial charge on any atom is 0.335 e. The number of aromatic carboxylic acids is 1. The molecule has 9 heteroatoms. The van der Waals surface area contributed by atoms with E-state index in [1.165, 1.54) is 0 Å². The summed E-state index contributed by atoms with van der Waals surface area (Å²) >= 11 is 6.50. The Labute approximate surface area is 242 Å². The summed E-state index contributed by atoms with van der Waals surface area (Å²) < 4.78 is 0. The highest BCUT2D eigenvalue weighted by Gasteiger charge is 2.11. The first-order valence-corrected chi connectivity index (χ1v) is 13.8. The van der Waals surface area contributed by atoms with Crippen molar-refractivity contribution in [3.63, 3.8) is 0 Å². The van der Waals surface area contributed by atoms with Crippen LogP contribution in [0.2, 0.25) is 5.02 Å². The molecule has 0 unspecified atom stereocenters. The zero-order chi connectivity index (χ0) is 28.6. The lowest BCUT2D eigenvalue weighted by Gasteiger charge is -2.12. The first-order valence-electron chi connectivity index (χ1n) is 13.5. The third-order valence-corrected chi connectivity index (χ3v) is 7.10. The fourth-order valence-corrected chi connectivity index (χ4v) is 5.03. The molecule has 3 aromatic carbocycles. The normalized spacial score (nSPS) is 11.0. The van der Waals surface area contributed by atoms with Gasteiger partial charge >= 0.3 is 5.97 Å². The van der Waals surface area contributed by atoms with Crippen LogP contribution in [0.4, 0.5) is 5.82 Å². The van der Waals surface area contributed by atoms with Crippen molar-refractivity contribution in [1.29, 1.82) is 0 Å². The second-order valence-corrected chi connectivity index (χ2v) is 10.1. The van der Waals surface area contributed by atoms with Gasteiger partial charge in [-0.15, -0.1) is 0 Å². The Hall–Kier alpha value is -4.53. The van der Waals surface area contributed by atoms with Gasteiger partial charge in [0.25, 0.3) is 0 Å². The number of nitrogens with one attached hydrogen (secondary N) is 3. The van der Waals surface area contributed by atoms with Gasteiger partial charge in [-0.2, -0.15) is 0 Å². The second-order valence-electron chi connectivity index (χ2n) is 9.66. The van der Waals surface area contributed by atoms with Crippen molar-refractivity contribution >= 4 is 51.0 Å². The highest BCUT2D eigenvalue weighted by atomic mass is 35.5. The van der Waals surface area contributed by atoms with E-state index in [1.807, 2.05) is 48.5 Å². The van der Waals surface area contributed by atoms with Crippen molar-refractivity contribution in [1.82, 2.24) is 20.6 Å². The lowest BCUT2D eigenvalue weighted by molar-refractivity contribution is -0.121. The summed E-state index contributed by atoms with van der Waals surface area (Å²) in [5.74, 6) is -0.405. The molecule has 0 aliphatic heterocycles. The molecule has 208 valence electrons. The standard InChI is InChI=1S/C32H30ClN5O3/c33-28-17-21(8-10-24(28)22-5-2-1-3-6-22)19-34-13-4-7-30(39)36-15-16-37-31-26-12-14-35-20-27(26)25-11-9-23(32(40)41)18-29(25)38-31/h1-3,5-6,8-12,14,17-18,20,34H,4,7,13,15-16,19H2,(H,36,39)(H,37,38)(H,40,41). The minimum absolute atomic E-state index is 0.0181. The number of rotatable bonds is 12. The van der Waals surface area contributed by atoms with Gasteiger partial charge in [0.15, 0.2) is 0 Å². The van der Waals surface area contributed by atoms with E-state index in [4.69, 9.17) is 11.6 Å². The van der Waals surface area contributed by atoms with Gasteiger partial charge in [0, 0.05) is 65.2 Å². The van der Waals surface area contributed by atoms with Gasteiger partial charge in [-0.1, -0.05) is 60.1 Å². The SMILES string of the molecule is O=C(CCCNCc1ccc(-c2ccccc2)c(Cl)c1)NCCNc1nc2cc(C(=O)O)ccc2c2cnccc12. The van der Waals surface area contributed by atoms with Crippen LogP contribution < -0.4 is 16.0 Å². The van der Waals surface area contributed by atoms with E-state index in [0.29, 0.717) is 50.4 Å². The third kappa shape index (κ3) is 6.98. The van der Waals surface area contributed by atoms with Crippen LogP contribution in [0, 0.1) is 0 Å². The molecule has 0 aliphatic carbocycles. The number of pyridine rings is 2. The quantitative estimate of drug-likeness (QED) is 0.110. The molecular weight excluding hydrogens is 538 g/mol. The number of carbonyl (C=O) groups excluding carboxylic acids is 1. The van der Waals surface area contributed by atoms with Crippen LogP contribution in [0.25, 0.3) is 32.8 Å². The number of carbonyl (C=O) groups is 2. The van der Waals surface area contributed by atoms with Crippen LogP contribution in [0.5, 0.6) is 0 Å². The molecule has 0 atom stereocenters. The minimum Gasteiger partial charge on any atom is -0.478 e. The van der Waals surface area contributed by atoms with Gasteiger partial charge in [0.1, 0.15) is 5.82 Å². The Morgan fingerprint density at radius 2 is 1.73 bits per heavy atom. The van der Waals surface area contributed by atoms with E-state index in [0.717, 1.165) is 37.9 Å². The van der Waals surface area contributed by atoms with E-state index >= 15 is 0 Å². The maximum atomic E-state index is 12.3. The molecule has 0 aliphatic rings. The summed E-state index contributed by atoms with van der Waals surface area (Å²) in [6.45, 7) is 2.29. The van der Waals surface area contributed by atoms with Gasteiger partial charge in [0.2, 0.25) is 5.91 Å². The van der Waals surface area contributed by atoms with Crippen molar-refractivity contribution in [3.8, 4) is 11.1 Å². The molecule has 0 bridgehead atoms. The van der Waals surface area contributed by atoms with Crippen LogP contribution in [-0.2, 0) is 11.3 Å². The number of benzene rings is 3. The summed E-state index contributed by atoms with van der Waals surface area (Å²) in [7, 11) is 0. The molecule has 0 fully saturated rings. The molecule has 5 aromatic rings. The number of carboxylic acids is 1. The molecule has 41 heavy (non-hydrogen) atoms. The monoisotopic (exact) mass is 567 g/mol. The Kier molecular flexibility index (Phi) is 9.03. The summed E-state index contributed by atoms with van der Waals surface area (Å²) in [4.78, 5) is 32.6. The van der Waals surface area contributed by atoms with Crippen molar-refractivity contribution in [2.24, 2.45) is 0 Å². The zero-order valence-electron chi connectivity index (χ0n) is 22.4. The van der Waals surface area contributed by atoms with Crippen LogP contribution in [0.15, 0.2) is 85.2 Å². The van der Waals surface area contributed by atoms with Crippen LogP contribution in [0.1, 0.15) is 28.8 Å². The van der Waals surface area contributed by atoms with Crippen LogP contribution >= 0.6 is 11.6 Å². The Bertz CT molecular complexity index is 1690. The van der Waals surface area contributed by atoms with E-state index in [-0.39, 0.29) is 11.5 Å². The third-order valence-electron chi connectivity index (χ3n) is 6.79. The zero-order valence-corrected chi connectivity index (χ0v) is 23.1. The summed E-state index contributed by atoms with van der Waals surface area (Å²) in [5, 5.41) is 22.2.